The summed E-state index contributed by atoms with van der Waals surface area (Å²) in [5.74, 6) is 0.743. The standard InChI is InChI=1S/C25H32N6O/c1-18-15-19(2)31(29-18)23-12-7-6-10-22(23)17-28-25(26-3)27-14-13-20-9-8-11-21(16-20)24(32)30(4)5/h6-12,15-16H,13-14,17H2,1-5H3,(H2,26,27,28). The molecule has 3 aromatic rings. The molecule has 0 bridgehead atoms. The van der Waals surface area contributed by atoms with Crippen LogP contribution in [0.25, 0.3) is 5.69 Å². The number of para-hydroxylation sites is 1. The lowest BCUT2D eigenvalue weighted by Gasteiger charge is -2.15. The molecule has 0 atom stereocenters. The first-order chi connectivity index (χ1) is 15.4. The molecular weight excluding hydrogens is 400 g/mol. The summed E-state index contributed by atoms with van der Waals surface area (Å²) in [5, 5.41) is 11.4. The Kier molecular flexibility index (Phi) is 7.65. The first kappa shape index (κ1) is 23.1. The SMILES string of the molecule is CN=C(NCCc1cccc(C(=O)N(C)C)c1)NCc1ccccc1-n1nc(C)cc1C. The molecule has 1 aromatic heterocycles. The number of carbonyl (C=O) groups excluding carboxylic acids is 1. The van der Waals surface area contributed by atoms with Gasteiger partial charge in [-0.05, 0) is 55.7 Å². The van der Waals surface area contributed by atoms with Crippen molar-refractivity contribution in [1.82, 2.24) is 25.3 Å². The van der Waals surface area contributed by atoms with Crippen molar-refractivity contribution >= 4 is 11.9 Å². The van der Waals surface area contributed by atoms with Crippen LogP contribution in [0.1, 0.15) is 32.9 Å². The van der Waals surface area contributed by atoms with Gasteiger partial charge < -0.3 is 15.5 Å². The van der Waals surface area contributed by atoms with Gasteiger partial charge in [-0.3, -0.25) is 9.79 Å². The van der Waals surface area contributed by atoms with Crippen LogP contribution in [0.2, 0.25) is 0 Å². The number of rotatable bonds is 7. The van der Waals surface area contributed by atoms with Crippen molar-refractivity contribution in [2.45, 2.75) is 26.8 Å². The summed E-state index contributed by atoms with van der Waals surface area (Å²) >= 11 is 0. The van der Waals surface area contributed by atoms with Gasteiger partial charge in [-0.2, -0.15) is 5.10 Å². The maximum absolute atomic E-state index is 12.2. The van der Waals surface area contributed by atoms with Crippen molar-refractivity contribution in [2.75, 3.05) is 27.7 Å². The monoisotopic (exact) mass is 432 g/mol. The van der Waals surface area contributed by atoms with E-state index in [0.717, 1.165) is 40.6 Å². The number of hydrogen-bond donors (Lipinski definition) is 2. The molecule has 2 aromatic carbocycles. The highest BCUT2D eigenvalue weighted by molar-refractivity contribution is 5.94. The second kappa shape index (κ2) is 10.6. The largest absolute Gasteiger partial charge is 0.356 e. The Labute approximate surface area is 190 Å². The van der Waals surface area contributed by atoms with E-state index in [0.29, 0.717) is 18.7 Å². The molecule has 7 heteroatoms. The lowest BCUT2D eigenvalue weighted by atomic mass is 10.1. The number of guanidine groups is 1. The lowest BCUT2D eigenvalue weighted by Crippen LogP contribution is -2.38. The highest BCUT2D eigenvalue weighted by atomic mass is 16.2. The van der Waals surface area contributed by atoms with Crippen LogP contribution in [-0.4, -0.2) is 54.2 Å². The van der Waals surface area contributed by atoms with Gasteiger partial charge in [0.2, 0.25) is 0 Å². The molecule has 0 spiro atoms. The van der Waals surface area contributed by atoms with E-state index in [4.69, 9.17) is 0 Å². The molecule has 7 nitrogen and oxygen atoms in total. The van der Waals surface area contributed by atoms with Gasteiger partial charge in [0.15, 0.2) is 5.96 Å². The van der Waals surface area contributed by atoms with Crippen LogP contribution in [0.15, 0.2) is 59.6 Å². The molecule has 1 heterocycles. The van der Waals surface area contributed by atoms with Crippen molar-refractivity contribution in [3.8, 4) is 5.69 Å². The maximum Gasteiger partial charge on any atom is 0.253 e. The smallest absolute Gasteiger partial charge is 0.253 e. The number of hydrogen-bond acceptors (Lipinski definition) is 3. The van der Waals surface area contributed by atoms with Crippen molar-refractivity contribution < 1.29 is 4.79 Å². The summed E-state index contributed by atoms with van der Waals surface area (Å²) in [6.07, 6.45) is 0.789. The van der Waals surface area contributed by atoms with Crippen LogP contribution in [-0.2, 0) is 13.0 Å². The molecular formula is C25H32N6O. The third kappa shape index (κ3) is 5.75. The summed E-state index contributed by atoms with van der Waals surface area (Å²) in [5.41, 5.74) is 6.11. The zero-order chi connectivity index (χ0) is 23.1. The van der Waals surface area contributed by atoms with Gasteiger partial charge in [-0.25, -0.2) is 4.68 Å². The minimum Gasteiger partial charge on any atom is -0.356 e. The van der Waals surface area contributed by atoms with Crippen LogP contribution in [0.3, 0.4) is 0 Å². The Morgan fingerprint density at radius 3 is 2.53 bits per heavy atom. The number of aryl methyl sites for hydroxylation is 2. The molecule has 32 heavy (non-hydrogen) atoms. The minimum absolute atomic E-state index is 0.0126. The molecule has 2 N–H and O–H groups in total. The number of benzene rings is 2. The first-order valence-corrected chi connectivity index (χ1v) is 10.8. The zero-order valence-corrected chi connectivity index (χ0v) is 19.5. The van der Waals surface area contributed by atoms with E-state index in [1.54, 1.807) is 26.0 Å². The minimum atomic E-state index is 0.0126. The summed E-state index contributed by atoms with van der Waals surface area (Å²) < 4.78 is 1.98. The quantitative estimate of drug-likeness (QED) is 0.444. The van der Waals surface area contributed by atoms with Crippen LogP contribution in [0.5, 0.6) is 0 Å². The van der Waals surface area contributed by atoms with Gasteiger partial charge in [0.1, 0.15) is 0 Å². The fourth-order valence-corrected chi connectivity index (χ4v) is 3.58. The molecule has 0 aliphatic heterocycles. The molecule has 3 rings (SSSR count). The summed E-state index contributed by atoms with van der Waals surface area (Å²) in [7, 11) is 5.29. The Morgan fingerprint density at radius 2 is 1.84 bits per heavy atom. The predicted molar refractivity (Wildman–Crippen MR) is 129 cm³/mol. The number of nitrogens with one attached hydrogen (secondary N) is 2. The molecule has 168 valence electrons. The van der Waals surface area contributed by atoms with Crippen LogP contribution in [0, 0.1) is 13.8 Å². The van der Waals surface area contributed by atoms with E-state index in [1.807, 2.05) is 48.0 Å². The van der Waals surface area contributed by atoms with Crippen molar-refractivity contribution in [2.24, 2.45) is 4.99 Å². The third-order valence-corrected chi connectivity index (χ3v) is 5.19. The maximum atomic E-state index is 12.2. The fourth-order valence-electron chi connectivity index (χ4n) is 3.58. The van der Waals surface area contributed by atoms with Gasteiger partial charge in [0.05, 0.1) is 11.4 Å². The summed E-state index contributed by atoms with van der Waals surface area (Å²) in [6.45, 7) is 5.40. The summed E-state index contributed by atoms with van der Waals surface area (Å²) in [4.78, 5) is 18.1. The molecule has 0 saturated heterocycles. The van der Waals surface area contributed by atoms with E-state index in [1.165, 1.54) is 0 Å². The van der Waals surface area contributed by atoms with Crippen LogP contribution >= 0.6 is 0 Å². The average Bonchev–Trinajstić information content (AvgIpc) is 3.13. The molecule has 0 saturated carbocycles. The topological polar surface area (TPSA) is 74.6 Å². The second-order valence-corrected chi connectivity index (χ2v) is 7.97. The first-order valence-electron chi connectivity index (χ1n) is 10.8. The number of amides is 1. The number of nitrogens with zero attached hydrogens (tertiary/aromatic N) is 4. The molecule has 0 aliphatic rings. The predicted octanol–water partition coefficient (Wildman–Crippen LogP) is 3.10. The highest BCUT2D eigenvalue weighted by Crippen LogP contribution is 2.17. The van der Waals surface area contributed by atoms with Gasteiger partial charge in [0.25, 0.3) is 5.91 Å². The Morgan fingerprint density at radius 1 is 1.06 bits per heavy atom. The van der Waals surface area contributed by atoms with Crippen LogP contribution < -0.4 is 10.6 Å². The van der Waals surface area contributed by atoms with Gasteiger partial charge in [0, 0.05) is 45.5 Å². The second-order valence-electron chi connectivity index (χ2n) is 7.97. The van der Waals surface area contributed by atoms with E-state index in [9.17, 15) is 4.79 Å². The van der Waals surface area contributed by atoms with Crippen molar-refractivity contribution in [1.29, 1.82) is 0 Å². The fraction of sp³-hybridized carbons (Fsp3) is 0.320. The molecule has 0 unspecified atom stereocenters. The molecule has 0 radical (unpaired) electrons. The lowest BCUT2D eigenvalue weighted by molar-refractivity contribution is 0.0827. The van der Waals surface area contributed by atoms with E-state index in [2.05, 4.69) is 45.8 Å². The molecule has 0 fully saturated rings. The van der Waals surface area contributed by atoms with Gasteiger partial charge in [-0.1, -0.05) is 30.3 Å². The zero-order valence-electron chi connectivity index (χ0n) is 19.5. The number of aliphatic imine (C=N–C) groups is 1. The van der Waals surface area contributed by atoms with Crippen molar-refractivity contribution in [3.63, 3.8) is 0 Å². The average molecular weight is 433 g/mol. The van der Waals surface area contributed by atoms with Gasteiger partial charge >= 0.3 is 0 Å². The Hall–Kier alpha value is -3.61. The highest BCUT2D eigenvalue weighted by Gasteiger charge is 2.10. The third-order valence-electron chi connectivity index (χ3n) is 5.19. The molecule has 1 amide bonds. The van der Waals surface area contributed by atoms with Crippen LogP contribution in [0.4, 0.5) is 0 Å². The molecule has 0 aliphatic carbocycles. The van der Waals surface area contributed by atoms with Gasteiger partial charge in [-0.15, -0.1) is 0 Å². The van der Waals surface area contributed by atoms with E-state index in [-0.39, 0.29) is 5.91 Å². The Bertz CT molecular complexity index is 1100. The number of carbonyl (C=O) groups is 1. The normalized spacial score (nSPS) is 11.3. The van der Waals surface area contributed by atoms with E-state index < -0.39 is 0 Å². The Balaban J connectivity index is 1.59. The van der Waals surface area contributed by atoms with E-state index >= 15 is 0 Å². The number of aromatic nitrogens is 2. The van der Waals surface area contributed by atoms with Crippen molar-refractivity contribution in [3.05, 3.63) is 82.7 Å². The summed E-state index contributed by atoms with van der Waals surface area (Å²) in [6, 6.07) is 18.1.